The second-order valence-electron chi connectivity index (χ2n) is 2.91. The predicted octanol–water partition coefficient (Wildman–Crippen LogP) is -1.09. The molecule has 0 aliphatic heterocycles. The minimum absolute atomic E-state index is 0.0253. The van der Waals surface area contributed by atoms with Gasteiger partial charge in [0.25, 0.3) is 0 Å². The van der Waals surface area contributed by atoms with Crippen LogP contribution >= 0.6 is 0 Å². The largest absolute Gasteiger partial charge is 0.464 e. The van der Waals surface area contributed by atoms with Crippen molar-refractivity contribution in [2.24, 2.45) is 22.2 Å². The molecule has 0 bridgehead atoms. The van der Waals surface area contributed by atoms with Gasteiger partial charge in [0.15, 0.2) is 5.96 Å². The van der Waals surface area contributed by atoms with Gasteiger partial charge in [-0.15, -0.1) is 0 Å². The predicted molar refractivity (Wildman–Crippen MR) is 57.4 cm³/mol. The van der Waals surface area contributed by atoms with Crippen molar-refractivity contribution in [2.45, 2.75) is 19.3 Å². The van der Waals surface area contributed by atoms with Crippen molar-refractivity contribution in [3.63, 3.8) is 0 Å². The Morgan fingerprint density at radius 3 is 2.47 bits per heavy atom. The van der Waals surface area contributed by atoms with Crippen LogP contribution in [0.5, 0.6) is 0 Å². The summed E-state index contributed by atoms with van der Waals surface area (Å²) >= 11 is 0. The molecule has 0 radical (unpaired) electrons. The van der Waals surface area contributed by atoms with E-state index in [2.05, 4.69) is 4.99 Å². The van der Waals surface area contributed by atoms with E-state index in [0.717, 1.165) is 0 Å². The molecule has 0 aliphatic rings. The molecule has 0 fully saturated rings. The lowest BCUT2D eigenvalue weighted by Gasteiger charge is -2.02. The van der Waals surface area contributed by atoms with E-state index in [1.54, 1.807) is 0 Å². The van der Waals surface area contributed by atoms with Crippen LogP contribution in [0.4, 0.5) is 0 Å². The molecule has 15 heavy (non-hydrogen) atoms. The van der Waals surface area contributed by atoms with Crippen molar-refractivity contribution < 1.29 is 9.53 Å². The monoisotopic (exact) mass is 215 g/mol. The van der Waals surface area contributed by atoms with E-state index in [-0.39, 0.29) is 37.3 Å². The van der Waals surface area contributed by atoms with Crippen LogP contribution in [0, 0.1) is 5.41 Å². The average molecular weight is 215 g/mol. The molecule has 0 unspecified atom stereocenters. The Bertz CT molecular complexity index is 247. The molecule has 0 saturated heterocycles. The lowest BCUT2D eigenvalue weighted by Crippen LogP contribution is -2.23. The highest BCUT2D eigenvalue weighted by Gasteiger charge is 2.02. The maximum atomic E-state index is 11.0. The highest BCUT2D eigenvalue weighted by Crippen LogP contribution is 1.96. The molecule has 7 nitrogen and oxygen atoms in total. The lowest BCUT2D eigenvalue weighted by atomic mass is 10.2. The molecule has 7 N–H and O–H groups in total. The van der Waals surface area contributed by atoms with Gasteiger partial charge in [-0.25, -0.2) is 0 Å². The Hall–Kier alpha value is -1.79. The number of esters is 1. The van der Waals surface area contributed by atoms with Gasteiger partial charge in [-0.05, 0) is 6.42 Å². The van der Waals surface area contributed by atoms with Crippen molar-refractivity contribution in [3.8, 4) is 0 Å². The summed E-state index contributed by atoms with van der Waals surface area (Å²) in [6, 6.07) is 0. The third kappa shape index (κ3) is 10.1. The van der Waals surface area contributed by atoms with Crippen LogP contribution < -0.4 is 17.2 Å². The number of guanidine groups is 1. The third-order valence-corrected chi connectivity index (χ3v) is 1.48. The van der Waals surface area contributed by atoms with Gasteiger partial charge in [-0.3, -0.25) is 15.2 Å². The lowest BCUT2D eigenvalue weighted by molar-refractivity contribution is -0.143. The minimum atomic E-state index is -0.331. The van der Waals surface area contributed by atoms with Gasteiger partial charge >= 0.3 is 5.97 Å². The van der Waals surface area contributed by atoms with Crippen molar-refractivity contribution in [1.29, 1.82) is 5.41 Å². The van der Waals surface area contributed by atoms with Gasteiger partial charge in [0.1, 0.15) is 6.61 Å². The first kappa shape index (κ1) is 13.2. The smallest absolute Gasteiger partial charge is 0.305 e. The van der Waals surface area contributed by atoms with Gasteiger partial charge in [0, 0.05) is 12.8 Å². The fourth-order valence-corrected chi connectivity index (χ4v) is 0.830. The highest BCUT2D eigenvalue weighted by molar-refractivity contribution is 5.77. The maximum absolute atomic E-state index is 11.0. The first-order valence-electron chi connectivity index (χ1n) is 4.56. The van der Waals surface area contributed by atoms with Gasteiger partial charge in [-0.2, -0.15) is 0 Å². The van der Waals surface area contributed by atoms with Crippen molar-refractivity contribution >= 4 is 17.8 Å². The Morgan fingerprint density at radius 2 is 1.93 bits per heavy atom. The first-order chi connectivity index (χ1) is 7.02. The second kappa shape index (κ2) is 7.60. The fraction of sp³-hybridized carbons (Fsp3) is 0.625. The number of hydrogen-bond donors (Lipinski definition) is 4. The van der Waals surface area contributed by atoms with E-state index < -0.39 is 0 Å². The van der Waals surface area contributed by atoms with Crippen molar-refractivity contribution in [2.75, 3.05) is 13.2 Å². The molecule has 0 aromatic heterocycles. The summed E-state index contributed by atoms with van der Waals surface area (Å²) in [6.45, 7) is 0.428. The van der Waals surface area contributed by atoms with Crippen LogP contribution in [0.2, 0.25) is 0 Å². The van der Waals surface area contributed by atoms with Gasteiger partial charge in [0.05, 0.1) is 12.4 Å². The molecule has 0 atom stereocenters. The topological polar surface area (TPSA) is 141 Å². The summed E-state index contributed by atoms with van der Waals surface area (Å²) < 4.78 is 4.81. The maximum Gasteiger partial charge on any atom is 0.305 e. The van der Waals surface area contributed by atoms with E-state index in [0.29, 0.717) is 12.8 Å². The van der Waals surface area contributed by atoms with Crippen molar-refractivity contribution in [1.82, 2.24) is 0 Å². The Morgan fingerprint density at radius 1 is 1.27 bits per heavy atom. The van der Waals surface area contributed by atoms with E-state index in [1.165, 1.54) is 0 Å². The molecular formula is C8H17N5O2. The first-order valence-corrected chi connectivity index (χ1v) is 4.56. The zero-order valence-electron chi connectivity index (χ0n) is 8.53. The second-order valence-corrected chi connectivity index (χ2v) is 2.91. The number of aliphatic imine (C=N–C) groups is 1. The molecule has 0 saturated carbocycles. The van der Waals surface area contributed by atoms with Crippen LogP contribution in [-0.2, 0) is 9.53 Å². The van der Waals surface area contributed by atoms with Crippen LogP contribution in [0.1, 0.15) is 19.3 Å². The number of amidine groups is 1. The average Bonchev–Trinajstić information content (AvgIpc) is 2.11. The zero-order chi connectivity index (χ0) is 11.7. The highest BCUT2D eigenvalue weighted by atomic mass is 16.5. The molecule has 86 valence electrons. The molecule has 7 heteroatoms. The molecule has 0 aromatic carbocycles. The zero-order valence-corrected chi connectivity index (χ0v) is 8.53. The summed E-state index contributed by atoms with van der Waals surface area (Å²) in [7, 11) is 0. The SMILES string of the molecule is N=C(N)CCCC(=O)OCCN=C(N)N. The molecule has 0 aliphatic carbocycles. The van der Waals surface area contributed by atoms with Gasteiger partial charge < -0.3 is 21.9 Å². The standard InChI is InChI=1S/C8H17N5O2/c9-6(10)2-1-3-7(14)15-5-4-13-8(11)12/h1-5H2,(H3,9,10)(H4,11,12,13). The van der Waals surface area contributed by atoms with E-state index in [4.69, 9.17) is 27.3 Å². The van der Waals surface area contributed by atoms with E-state index >= 15 is 0 Å². The number of rotatable bonds is 7. The number of carbonyl (C=O) groups excluding carboxylic acids is 1. The molecule has 0 heterocycles. The van der Waals surface area contributed by atoms with Crippen LogP contribution in [0.25, 0.3) is 0 Å². The molecule has 0 aromatic rings. The summed E-state index contributed by atoms with van der Waals surface area (Å²) in [6.07, 6.45) is 1.18. The van der Waals surface area contributed by atoms with Crippen LogP contribution in [-0.4, -0.2) is 30.9 Å². The van der Waals surface area contributed by atoms with Crippen molar-refractivity contribution in [3.05, 3.63) is 0 Å². The summed E-state index contributed by atoms with van der Waals surface area (Å²) in [5.41, 5.74) is 15.3. The molecule has 0 spiro atoms. The Balaban J connectivity index is 3.42. The summed E-state index contributed by atoms with van der Waals surface area (Å²) in [5, 5.41) is 6.93. The van der Waals surface area contributed by atoms with E-state index in [9.17, 15) is 4.79 Å². The summed E-state index contributed by atoms with van der Waals surface area (Å²) in [5.74, 6) is -0.284. The number of hydrogen-bond acceptors (Lipinski definition) is 4. The van der Waals surface area contributed by atoms with Crippen LogP contribution in [0.3, 0.4) is 0 Å². The molecule has 0 amide bonds. The number of carbonyl (C=O) groups is 1. The Labute approximate surface area is 88.2 Å². The van der Waals surface area contributed by atoms with Gasteiger partial charge in [0.2, 0.25) is 0 Å². The molecular weight excluding hydrogens is 198 g/mol. The Kier molecular flexibility index (Phi) is 6.69. The van der Waals surface area contributed by atoms with Gasteiger partial charge in [-0.1, -0.05) is 0 Å². The van der Waals surface area contributed by atoms with Crippen LogP contribution in [0.15, 0.2) is 4.99 Å². The number of ether oxygens (including phenoxy) is 1. The molecule has 0 rings (SSSR count). The minimum Gasteiger partial charge on any atom is -0.464 e. The summed E-state index contributed by atoms with van der Waals surface area (Å²) in [4.78, 5) is 14.7. The van der Waals surface area contributed by atoms with E-state index in [1.807, 2.05) is 0 Å². The quantitative estimate of drug-likeness (QED) is 0.185. The number of nitrogens with two attached hydrogens (primary N) is 3. The third-order valence-electron chi connectivity index (χ3n) is 1.48. The number of nitrogens with one attached hydrogen (secondary N) is 1. The number of nitrogens with zero attached hydrogens (tertiary/aromatic N) is 1. The normalized spacial score (nSPS) is 9.33. The fourth-order valence-electron chi connectivity index (χ4n) is 0.830.